The van der Waals surface area contributed by atoms with Crippen LogP contribution in [0, 0.1) is 28.6 Å². The van der Waals surface area contributed by atoms with E-state index >= 15 is 0 Å². The Bertz CT molecular complexity index is 1110. The van der Waals surface area contributed by atoms with Crippen LogP contribution < -0.4 is 0 Å². The standard InChI is InChI=1S/C19H23F3N2O.C9H9N/c1-12-7-14-3-2-5-18(14,9-12)17(25)24-6-4-16-13(11-24)8-15(10-23-16)19(20,21)22;1-2-8-3-5-9(7-10)6-4-8/h8,10,12,14H,2-7,9,11H2,1H3;3-6H,2H2,1H3. The first-order valence-corrected chi connectivity index (χ1v) is 12.5. The number of nitrogens with zero attached hydrogens (tertiary/aromatic N) is 3. The molecule has 3 aliphatic rings. The maximum absolute atomic E-state index is 13.3. The molecule has 7 heteroatoms. The minimum atomic E-state index is -4.40. The summed E-state index contributed by atoms with van der Waals surface area (Å²) in [7, 11) is 0. The lowest BCUT2D eigenvalue weighted by Crippen LogP contribution is -2.46. The zero-order valence-corrected chi connectivity index (χ0v) is 20.4. The van der Waals surface area contributed by atoms with Gasteiger partial charge in [0.2, 0.25) is 5.91 Å². The van der Waals surface area contributed by atoms with E-state index in [2.05, 4.69) is 24.9 Å². The number of aryl methyl sites for hydroxylation is 1. The summed E-state index contributed by atoms with van der Waals surface area (Å²) in [4.78, 5) is 19.1. The molecule has 5 rings (SSSR count). The normalized spacial score (nSPS) is 25.2. The van der Waals surface area contributed by atoms with Crippen molar-refractivity contribution < 1.29 is 18.0 Å². The van der Waals surface area contributed by atoms with Crippen LogP contribution in [-0.2, 0) is 30.4 Å². The Morgan fingerprint density at radius 2 is 2.03 bits per heavy atom. The van der Waals surface area contributed by atoms with Gasteiger partial charge in [-0.25, -0.2) is 0 Å². The van der Waals surface area contributed by atoms with Gasteiger partial charge in [0.25, 0.3) is 0 Å². The Labute approximate surface area is 205 Å². The van der Waals surface area contributed by atoms with Crippen LogP contribution >= 0.6 is 0 Å². The smallest absolute Gasteiger partial charge is 0.337 e. The Morgan fingerprint density at radius 3 is 2.69 bits per heavy atom. The fourth-order valence-corrected chi connectivity index (χ4v) is 6.20. The first kappa shape index (κ1) is 25.2. The third-order valence-corrected chi connectivity index (χ3v) is 7.93. The maximum atomic E-state index is 13.3. The zero-order chi connectivity index (χ0) is 25.2. The molecule has 1 amide bonds. The predicted molar refractivity (Wildman–Crippen MR) is 127 cm³/mol. The van der Waals surface area contributed by atoms with Crippen molar-refractivity contribution in [2.24, 2.45) is 17.3 Å². The lowest BCUT2D eigenvalue weighted by Gasteiger charge is -2.37. The molecule has 0 bridgehead atoms. The van der Waals surface area contributed by atoms with Crippen molar-refractivity contribution >= 4 is 5.91 Å². The van der Waals surface area contributed by atoms with Crippen molar-refractivity contribution in [1.82, 2.24) is 9.88 Å². The fraction of sp³-hybridized carbons (Fsp3) is 0.536. The van der Waals surface area contributed by atoms with Crippen molar-refractivity contribution in [2.45, 2.75) is 71.5 Å². The number of nitriles is 1. The molecule has 2 aliphatic carbocycles. The molecule has 0 spiro atoms. The van der Waals surface area contributed by atoms with E-state index in [0.717, 1.165) is 50.3 Å². The summed E-state index contributed by atoms with van der Waals surface area (Å²) in [5.74, 6) is 1.18. The summed E-state index contributed by atoms with van der Waals surface area (Å²) in [5.41, 5.74) is 2.26. The number of hydrogen-bond donors (Lipinski definition) is 0. The third kappa shape index (κ3) is 5.22. The summed E-state index contributed by atoms with van der Waals surface area (Å²) in [5, 5.41) is 8.45. The largest absolute Gasteiger partial charge is 0.417 e. The van der Waals surface area contributed by atoms with Gasteiger partial charge in [0.05, 0.1) is 22.6 Å². The van der Waals surface area contributed by atoms with Crippen LogP contribution in [0.2, 0.25) is 0 Å². The molecule has 1 aromatic heterocycles. The molecule has 1 aliphatic heterocycles. The average molecular weight is 484 g/mol. The van der Waals surface area contributed by atoms with Gasteiger partial charge in [-0.3, -0.25) is 9.78 Å². The van der Waals surface area contributed by atoms with E-state index in [0.29, 0.717) is 36.1 Å². The van der Waals surface area contributed by atoms with Gasteiger partial charge in [0.15, 0.2) is 0 Å². The van der Waals surface area contributed by atoms with Gasteiger partial charge >= 0.3 is 6.18 Å². The van der Waals surface area contributed by atoms with Crippen LogP contribution in [0.25, 0.3) is 0 Å². The van der Waals surface area contributed by atoms with E-state index < -0.39 is 11.7 Å². The number of pyridine rings is 1. The second-order valence-corrected chi connectivity index (χ2v) is 10.3. The summed E-state index contributed by atoms with van der Waals surface area (Å²) < 4.78 is 38.9. The molecule has 3 unspecified atom stereocenters. The van der Waals surface area contributed by atoms with E-state index in [1.807, 2.05) is 24.3 Å². The molecular formula is C28H32F3N3O. The first-order valence-electron chi connectivity index (χ1n) is 12.5. The highest BCUT2D eigenvalue weighted by atomic mass is 19.4. The first-order chi connectivity index (χ1) is 16.7. The van der Waals surface area contributed by atoms with Crippen LogP contribution in [0.4, 0.5) is 13.2 Å². The van der Waals surface area contributed by atoms with Crippen LogP contribution in [0.3, 0.4) is 0 Å². The highest BCUT2D eigenvalue weighted by Crippen LogP contribution is 2.57. The van der Waals surface area contributed by atoms with Gasteiger partial charge in [-0.05, 0) is 73.3 Å². The monoisotopic (exact) mass is 483 g/mol. The minimum absolute atomic E-state index is 0.169. The molecule has 35 heavy (non-hydrogen) atoms. The van der Waals surface area contributed by atoms with Gasteiger partial charge < -0.3 is 4.90 Å². The van der Waals surface area contributed by atoms with E-state index in [-0.39, 0.29) is 17.9 Å². The van der Waals surface area contributed by atoms with Gasteiger partial charge in [-0.2, -0.15) is 18.4 Å². The molecule has 0 saturated heterocycles. The van der Waals surface area contributed by atoms with Crippen molar-refractivity contribution in [1.29, 1.82) is 5.26 Å². The third-order valence-electron chi connectivity index (χ3n) is 7.93. The molecule has 4 nitrogen and oxygen atoms in total. The number of carbonyl (C=O) groups is 1. The highest BCUT2D eigenvalue weighted by molar-refractivity contribution is 5.84. The summed E-state index contributed by atoms with van der Waals surface area (Å²) in [6.45, 7) is 5.13. The number of amides is 1. The van der Waals surface area contributed by atoms with Crippen LogP contribution in [-0.4, -0.2) is 22.3 Å². The minimum Gasteiger partial charge on any atom is -0.337 e. The number of rotatable bonds is 2. The molecule has 0 N–H and O–H groups in total. The molecule has 186 valence electrons. The number of alkyl halides is 3. The molecule has 0 radical (unpaired) electrons. The number of halogens is 3. The fourth-order valence-electron chi connectivity index (χ4n) is 6.20. The zero-order valence-electron chi connectivity index (χ0n) is 20.4. The van der Waals surface area contributed by atoms with E-state index in [4.69, 9.17) is 5.26 Å². The van der Waals surface area contributed by atoms with Crippen LogP contribution in [0.15, 0.2) is 36.5 Å². The lowest BCUT2D eigenvalue weighted by atomic mass is 9.78. The van der Waals surface area contributed by atoms with Crippen molar-refractivity contribution in [3.8, 4) is 6.07 Å². The highest BCUT2D eigenvalue weighted by Gasteiger charge is 2.55. The number of carbonyl (C=O) groups excluding carboxylic acids is 1. The predicted octanol–water partition coefficient (Wildman–Crippen LogP) is 6.32. The Morgan fingerprint density at radius 1 is 1.29 bits per heavy atom. The quantitative estimate of drug-likeness (QED) is 0.502. The topological polar surface area (TPSA) is 57.0 Å². The summed E-state index contributed by atoms with van der Waals surface area (Å²) in [6.07, 6.45) is 3.25. The van der Waals surface area contributed by atoms with E-state index in [1.54, 1.807) is 4.90 Å². The summed E-state index contributed by atoms with van der Waals surface area (Å²) in [6, 6.07) is 10.9. The SMILES string of the molecule is CC1CC2CCCC2(C(=O)N2CCc3ncc(C(F)(F)F)cc3C2)C1.CCc1ccc(C#N)cc1. The molecule has 2 aromatic rings. The summed E-state index contributed by atoms with van der Waals surface area (Å²) >= 11 is 0. The van der Waals surface area contributed by atoms with Crippen LogP contribution in [0.5, 0.6) is 0 Å². The van der Waals surface area contributed by atoms with E-state index in [9.17, 15) is 18.0 Å². The van der Waals surface area contributed by atoms with Crippen molar-refractivity contribution in [3.05, 3.63) is 64.5 Å². The second-order valence-electron chi connectivity index (χ2n) is 10.3. The second kappa shape index (κ2) is 10.0. The molecular weight excluding hydrogens is 451 g/mol. The van der Waals surface area contributed by atoms with Crippen LogP contribution in [0.1, 0.15) is 73.9 Å². The molecule has 1 aromatic carbocycles. The number of benzene rings is 1. The van der Waals surface area contributed by atoms with Gasteiger partial charge in [-0.1, -0.05) is 32.4 Å². The molecule has 2 saturated carbocycles. The maximum Gasteiger partial charge on any atom is 0.417 e. The Kier molecular flexibility index (Phi) is 7.21. The number of hydrogen-bond acceptors (Lipinski definition) is 3. The number of aromatic nitrogens is 1. The average Bonchev–Trinajstić information content (AvgIpc) is 3.39. The molecule has 2 fully saturated rings. The Hall–Kier alpha value is -2.88. The van der Waals surface area contributed by atoms with Crippen molar-refractivity contribution in [3.63, 3.8) is 0 Å². The lowest BCUT2D eigenvalue weighted by molar-refractivity contribution is -0.144. The van der Waals surface area contributed by atoms with Gasteiger partial charge in [-0.15, -0.1) is 0 Å². The molecule has 3 atom stereocenters. The Balaban J connectivity index is 0.000000243. The number of fused-ring (bicyclic) bond motifs is 2. The van der Waals surface area contributed by atoms with Crippen molar-refractivity contribution in [2.75, 3.05) is 6.54 Å². The van der Waals surface area contributed by atoms with E-state index in [1.165, 1.54) is 11.6 Å². The molecule has 2 heterocycles. The van der Waals surface area contributed by atoms with Gasteiger partial charge in [0.1, 0.15) is 0 Å². The van der Waals surface area contributed by atoms with Gasteiger partial charge in [0, 0.05) is 31.4 Å².